The lowest BCUT2D eigenvalue weighted by molar-refractivity contribution is -0.122. The van der Waals surface area contributed by atoms with E-state index in [9.17, 15) is 19.2 Å². The maximum absolute atomic E-state index is 12.9. The number of hydrogen-bond acceptors (Lipinski definition) is 5. The fourth-order valence-corrected chi connectivity index (χ4v) is 4.58. The summed E-state index contributed by atoms with van der Waals surface area (Å²) in [7, 11) is 0. The molecule has 0 bridgehead atoms. The Kier molecular flexibility index (Phi) is 6.28. The number of carbonyl (C=O) groups is 4. The van der Waals surface area contributed by atoms with Gasteiger partial charge in [0.15, 0.2) is 6.61 Å². The highest BCUT2D eigenvalue weighted by Gasteiger charge is 2.50. The minimum Gasteiger partial charge on any atom is -0.452 e. The number of benzene rings is 2. The fraction of sp³-hybridized carbons (Fsp3) is 0.333. The fourth-order valence-electron chi connectivity index (χ4n) is 4.39. The predicted octanol–water partition coefficient (Wildman–Crippen LogP) is 4.06. The van der Waals surface area contributed by atoms with Crippen molar-refractivity contribution in [1.82, 2.24) is 0 Å². The summed E-state index contributed by atoms with van der Waals surface area (Å²) in [5.74, 6) is -1.83. The Labute approximate surface area is 190 Å². The third-order valence-electron chi connectivity index (χ3n) is 5.97. The molecule has 32 heavy (non-hydrogen) atoms. The van der Waals surface area contributed by atoms with Gasteiger partial charge in [-0.05, 0) is 61.6 Å². The van der Waals surface area contributed by atoms with Crippen LogP contribution in [0.2, 0.25) is 5.02 Å². The van der Waals surface area contributed by atoms with Gasteiger partial charge in [0.05, 0.1) is 23.1 Å². The Hall–Kier alpha value is -3.19. The number of rotatable bonds is 5. The van der Waals surface area contributed by atoms with Crippen LogP contribution in [0, 0.1) is 17.8 Å². The van der Waals surface area contributed by atoms with Gasteiger partial charge in [-0.15, -0.1) is 0 Å². The van der Waals surface area contributed by atoms with Crippen molar-refractivity contribution in [3.8, 4) is 0 Å². The van der Waals surface area contributed by atoms with Crippen molar-refractivity contribution in [1.29, 1.82) is 0 Å². The standard InChI is InChI=1S/C24H23ClN2O5/c1-14-8-9-19-20(10-14)23(30)27(22(19)29)18-7-2-4-15(11-18)24(31)32-13-21(28)26-17-6-3-5-16(25)12-17/h2-7,11-12,14,19-20H,8-10,13H2,1H3,(H,26,28)/t14-,19-,20+/m1/s1. The molecule has 0 spiro atoms. The van der Waals surface area contributed by atoms with Gasteiger partial charge in [-0.2, -0.15) is 0 Å². The van der Waals surface area contributed by atoms with E-state index in [1.807, 2.05) is 0 Å². The molecule has 2 aromatic carbocycles. The van der Waals surface area contributed by atoms with E-state index in [0.717, 1.165) is 6.42 Å². The summed E-state index contributed by atoms with van der Waals surface area (Å²) in [6.07, 6.45) is 2.34. The van der Waals surface area contributed by atoms with Crippen molar-refractivity contribution in [3.05, 3.63) is 59.1 Å². The summed E-state index contributed by atoms with van der Waals surface area (Å²) in [6, 6.07) is 12.8. The minimum absolute atomic E-state index is 0.155. The van der Waals surface area contributed by atoms with Crippen LogP contribution >= 0.6 is 11.6 Å². The molecule has 166 valence electrons. The quantitative estimate of drug-likeness (QED) is 0.543. The van der Waals surface area contributed by atoms with Crippen molar-refractivity contribution in [2.75, 3.05) is 16.8 Å². The third kappa shape index (κ3) is 4.53. The number of hydrogen-bond donors (Lipinski definition) is 1. The first-order chi connectivity index (χ1) is 15.3. The molecule has 1 saturated carbocycles. The molecule has 1 aliphatic heterocycles. The van der Waals surface area contributed by atoms with E-state index < -0.39 is 18.5 Å². The molecule has 2 aliphatic rings. The second-order valence-electron chi connectivity index (χ2n) is 8.33. The first-order valence-corrected chi connectivity index (χ1v) is 10.9. The largest absolute Gasteiger partial charge is 0.452 e. The zero-order valence-corrected chi connectivity index (χ0v) is 18.3. The van der Waals surface area contributed by atoms with E-state index in [2.05, 4.69) is 12.2 Å². The molecule has 0 unspecified atom stereocenters. The molecular weight excluding hydrogens is 432 g/mol. The summed E-state index contributed by atoms with van der Waals surface area (Å²) in [5.41, 5.74) is 0.990. The summed E-state index contributed by atoms with van der Waals surface area (Å²) in [4.78, 5) is 51.5. The van der Waals surface area contributed by atoms with Crippen molar-refractivity contribution in [2.45, 2.75) is 26.2 Å². The lowest BCUT2D eigenvalue weighted by Crippen LogP contribution is -2.31. The molecule has 1 N–H and O–H groups in total. The summed E-state index contributed by atoms with van der Waals surface area (Å²) >= 11 is 5.88. The Morgan fingerprint density at radius 1 is 1.06 bits per heavy atom. The summed E-state index contributed by atoms with van der Waals surface area (Å²) < 4.78 is 5.10. The maximum Gasteiger partial charge on any atom is 0.338 e. The third-order valence-corrected chi connectivity index (χ3v) is 6.21. The van der Waals surface area contributed by atoms with Gasteiger partial charge in [0.2, 0.25) is 11.8 Å². The molecule has 1 aliphatic carbocycles. The summed E-state index contributed by atoms with van der Waals surface area (Å²) in [5, 5.41) is 3.06. The van der Waals surface area contributed by atoms with Crippen LogP contribution in [0.3, 0.4) is 0 Å². The predicted molar refractivity (Wildman–Crippen MR) is 119 cm³/mol. The smallest absolute Gasteiger partial charge is 0.338 e. The zero-order chi connectivity index (χ0) is 22.8. The monoisotopic (exact) mass is 454 g/mol. The van der Waals surface area contributed by atoms with Crippen molar-refractivity contribution < 1.29 is 23.9 Å². The number of ether oxygens (including phenoxy) is 1. The van der Waals surface area contributed by atoms with Crippen LogP contribution in [0.1, 0.15) is 36.5 Å². The van der Waals surface area contributed by atoms with E-state index in [1.165, 1.54) is 17.0 Å². The normalized spacial score (nSPS) is 22.4. The highest BCUT2D eigenvalue weighted by Crippen LogP contribution is 2.42. The number of imide groups is 1. The van der Waals surface area contributed by atoms with Gasteiger partial charge in [-0.25, -0.2) is 4.79 Å². The van der Waals surface area contributed by atoms with Crippen molar-refractivity contribution in [2.24, 2.45) is 17.8 Å². The van der Waals surface area contributed by atoms with Gasteiger partial charge >= 0.3 is 5.97 Å². The number of fused-ring (bicyclic) bond motifs is 1. The molecule has 3 atom stereocenters. The summed E-state index contributed by atoms with van der Waals surface area (Å²) in [6.45, 7) is 1.61. The topological polar surface area (TPSA) is 92.8 Å². The average Bonchev–Trinajstić information content (AvgIpc) is 3.01. The van der Waals surface area contributed by atoms with E-state index >= 15 is 0 Å². The Morgan fingerprint density at radius 2 is 1.81 bits per heavy atom. The Bertz CT molecular complexity index is 1090. The number of esters is 1. The average molecular weight is 455 g/mol. The van der Waals surface area contributed by atoms with Crippen LogP contribution in [0.4, 0.5) is 11.4 Å². The van der Waals surface area contributed by atoms with Crippen LogP contribution < -0.4 is 10.2 Å². The van der Waals surface area contributed by atoms with Gasteiger partial charge in [-0.1, -0.05) is 30.7 Å². The molecule has 2 aromatic rings. The molecule has 0 aromatic heterocycles. The molecule has 1 heterocycles. The molecular formula is C24H23ClN2O5. The molecule has 0 radical (unpaired) electrons. The highest BCUT2D eigenvalue weighted by molar-refractivity contribution is 6.30. The molecule has 3 amide bonds. The van der Waals surface area contributed by atoms with Gasteiger partial charge in [-0.3, -0.25) is 19.3 Å². The number of amides is 3. The minimum atomic E-state index is -0.724. The first-order valence-electron chi connectivity index (χ1n) is 10.5. The Balaban J connectivity index is 1.41. The van der Waals surface area contributed by atoms with Crippen molar-refractivity contribution >= 4 is 46.7 Å². The van der Waals surface area contributed by atoms with Crippen LogP contribution in [-0.4, -0.2) is 30.3 Å². The van der Waals surface area contributed by atoms with Crippen LogP contribution in [0.5, 0.6) is 0 Å². The molecule has 4 rings (SSSR count). The Morgan fingerprint density at radius 3 is 2.59 bits per heavy atom. The second-order valence-corrected chi connectivity index (χ2v) is 8.76. The van der Waals surface area contributed by atoms with Crippen molar-refractivity contribution in [3.63, 3.8) is 0 Å². The van der Waals surface area contributed by atoms with Crippen LogP contribution in [0.25, 0.3) is 0 Å². The number of nitrogens with zero attached hydrogens (tertiary/aromatic N) is 1. The van der Waals surface area contributed by atoms with E-state index in [-0.39, 0.29) is 29.2 Å². The molecule has 2 fully saturated rings. The number of nitrogens with one attached hydrogen (secondary N) is 1. The van der Waals surface area contributed by atoms with E-state index in [4.69, 9.17) is 16.3 Å². The van der Waals surface area contributed by atoms with Gasteiger partial charge in [0.25, 0.3) is 5.91 Å². The van der Waals surface area contributed by atoms with E-state index in [0.29, 0.717) is 35.2 Å². The SMILES string of the molecule is C[C@@H]1CC[C@H]2C(=O)N(c3cccc(C(=O)OCC(=O)Nc4cccc(Cl)c4)c3)C(=O)[C@H]2C1. The van der Waals surface area contributed by atoms with E-state index in [1.54, 1.807) is 36.4 Å². The lowest BCUT2D eigenvalue weighted by atomic mass is 9.76. The molecule has 8 heteroatoms. The van der Waals surface area contributed by atoms with Gasteiger partial charge in [0, 0.05) is 10.7 Å². The van der Waals surface area contributed by atoms with Gasteiger partial charge < -0.3 is 10.1 Å². The number of halogens is 1. The lowest BCUT2D eigenvalue weighted by Gasteiger charge is -2.25. The molecule has 1 saturated heterocycles. The molecule has 7 nitrogen and oxygen atoms in total. The highest BCUT2D eigenvalue weighted by atomic mass is 35.5. The van der Waals surface area contributed by atoms with Crippen LogP contribution in [-0.2, 0) is 19.1 Å². The second kappa shape index (κ2) is 9.12. The maximum atomic E-state index is 12.9. The van der Waals surface area contributed by atoms with Crippen LogP contribution in [0.15, 0.2) is 48.5 Å². The number of anilines is 2. The van der Waals surface area contributed by atoms with Gasteiger partial charge in [0.1, 0.15) is 0 Å². The zero-order valence-electron chi connectivity index (χ0n) is 17.5. The number of carbonyl (C=O) groups excluding carboxylic acids is 4. The first kappa shape index (κ1) is 22.0.